The first-order valence-corrected chi connectivity index (χ1v) is 4.97. The fraction of sp³-hybridized carbons (Fsp3) is 0.333. The molecule has 0 saturated carbocycles. The summed E-state index contributed by atoms with van der Waals surface area (Å²) in [4.78, 5) is 0. The number of hydrogen-bond donors (Lipinski definition) is 0. The molecule has 0 aromatic heterocycles. The van der Waals surface area contributed by atoms with E-state index in [2.05, 4.69) is 37.3 Å². The van der Waals surface area contributed by atoms with E-state index in [1.165, 1.54) is 18.4 Å². The maximum atomic E-state index is 8.44. The van der Waals surface area contributed by atoms with E-state index in [0.29, 0.717) is 0 Å². The zero-order valence-electron chi connectivity index (χ0n) is 7.43. The van der Waals surface area contributed by atoms with E-state index in [-0.39, 0.29) is 0 Å². The van der Waals surface area contributed by atoms with Crippen LogP contribution in [-0.2, 0) is 17.0 Å². The first kappa shape index (κ1) is 11.8. The highest BCUT2D eigenvalue weighted by Crippen LogP contribution is 2.00. The number of benzene rings is 1. The van der Waals surface area contributed by atoms with Gasteiger partial charge in [0.1, 0.15) is 0 Å². The van der Waals surface area contributed by atoms with Gasteiger partial charge in [-0.05, 0) is 12.0 Å². The van der Waals surface area contributed by atoms with Crippen LogP contribution in [-0.4, -0.2) is 12.6 Å². The highest BCUT2D eigenvalue weighted by molar-refractivity contribution is 7.59. The van der Waals surface area contributed by atoms with Gasteiger partial charge in [-0.25, -0.2) is 0 Å². The second-order valence-corrected chi connectivity index (χ2v) is 2.85. The second kappa shape index (κ2) is 7.49. The average molecular weight is 200 g/mol. The zero-order valence-corrected chi connectivity index (χ0v) is 8.25. The molecular weight excluding hydrogens is 188 g/mol. The van der Waals surface area contributed by atoms with Crippen molar-refractivity contribution in [3.05, 3.63) is 35.9 Å². The quantitative estimate of drug-likeness (QED) is 0.729. The summed E-state index contributed by atoms with van der Waals surface area (Å²) in [5, 5.41) is 0. The predicted molar refractivity (Wildman–Crippen MR) is 50.1 cm³/mol. The van der Waals surface area contributed by atoms with Crippen molar-refractivity contribution in [2.24, 2.45) is 0 Å². The first-order valence-electron chi connectivity index (χ1n) is 3.97. The van der Waals surface area contributed by atoms with Gasteiger partial charge in [-0.1, -0.05) is 43.7 Å². The van der Waals surface area contributed by atoms with Gasteiger partial charge in [-0.3, -0.25) is 0 Å². The molecular formula is C9H12O3S. The van der Waals surface area contributed by atoms with E-state index < -0.39 is 10.6 Å². The van der Waals surface area contributed by atoms with E-state index in [9.17, 15) is 0 Å². The van der Waals surface area contributed by atoms with Crippen molar-refractivity contribution >= 4 is 10.6 Å². The molecule has 0 spiro atoms. The lowest BCUT2D eigenvalue weighted by molar-refractivity contribution is 0.559. The molecule has 0 N–H and O–H groups in total. The van der Waals surface area contributed by atoms with E-state index in [4.69, 9.17) is 12.6 Å². The summed E-state index contributed by atoms with van der Waals surface area (Å²) in [7, 11) is -3.11. The molecule has 0 unspecified atom stereocenters. The van der Waals surface area contributed by atoms with Crippen LogP contribution in [0.1, 0.15) is 18.9 Å². The molecule has 0 atom stereocenters. The molecule has 0 aliphatic rings. The third kappa shape index (κ3) is 8.75. The van der Waals surface area contributed by atoms with E-state index in [1.54, 1.807) is 0 Å². The topological polar surface area (TPSA) is 51.2 Å². The van der Waals surface area contributed by atoms with Crippen LogP contribution in [0.4, 0.5) is 0 Å². The Morgan fingerprint density at radius 3 is 1.92 bits per heavy atom. The van der Waals surface area contributed by atoms with Crippen LogP contribution < -0.4 is 0 Å². The van der Waals surface area contributed by atoms with Crippen LogP contribution in [0.5, 0.6) is 0 Å². The fourth-order valence-corrected chi connectivity index (χ4v) is 0.933. The summed E-state index contributed by atoms with van der Waals surface area (Å²) in [6, 6.07) is 10.6. The van der Waals surface area contributed by atoms with Gasteiger partial charge >= 0.3 is 10.6 Å². The highest BCUT2D eigenvalue weighted by atomic mass is 32.2. The Hall–Kier alpha value is -1.16. The third-order valence-electron chi connectivity index (χ3n) is 1.38. The Morgan fingerprint density at radius 1 is 1.08 bits per heavy atom. The molecule has 72 valence electrons. The minimum atomic E-state index is -3.11. The zero-order chi connectivity index (χ0) is 10.1. The Labute approximate surface area is 79.5 Å². The van der Waals surface area contributed by atoms with Gasteiger partial charge < -0.3 is 0 Å². The van der Waals surface area contributed by atoms with Crippen molar-refractivity contribution < 1.29 is 12.6 Å². The normalized spacial score (nSPS) is 8.38. The molecule has 0 saturated heterocycles. The summed E-state index contributed by atoms with van der Waals surface area (Å²) in [6.07, 6.45) is 2.45. The third-order valence-corrected chi connectivity index (χ3v) is 1.38. The van der Waals surface area contributed by atoms with Crippen LogP contribution in [0.3, 0.4) is 0 Å². The minimum Gasteiger partial charge on any atom is -0.142 e. The van der Waals surface area contributed by atoms with Gasteiger partial charge in [-0.2, -0.15) is 0 Å². The molecule has 1 aromatic carbocycles. The Bertz CT molecular complexity index is 307. The lowest BCUT2D eigenvalue weighted by atomic mass is 10.1. The smallest absolute Gasteiger partial charge is 0.142 e. The van der Waals surface area contributed by atoms with E-state index in [0.717, 1.165) is 0 Å². The van der Waals surface area contributed by atoms with Gasteiger partial charge in [0, 0.05) is 0 Å². The fourth-order valence-electron chi connectivity index (χ4n) is 0.933. The van der Waals surface area contributed by atoms with Crippen molar-refractivity contribution in [2.45, 2.75) is 19.8 Å². The molecule has 0 fully saturated rings. The molecule has 0 heterocycles. The lowest BCUT2D eigenvalue weighted by Crippen LogP contribution is -1.78. The number of rotatable bonds is 2. The summed E-state index contributed by atoms with van der Waals surface area (Å²) in [5.74, 6) is 0. The molecule has 4 heteroatoms. The molecule has 0 bridgehead atoms. The Kier molecular flexibility index (Phi) is 6.82. The summed E-state index contributed by atoms with van der Waals surface area (Å²) in [5.41, 5.74) is 1.44. The summed E-state index contributed by atoms with van der Waals surface area (Å²) in [6.45, 7) is 2.20. The largest absolute Gasteiger partial charge is 0.425 e. The predicted octanol–water partition coefficient (Wildman–Crippen LogP) is 1.64. The van der Waals surface area contributed by atoms with Crippen molar-refractivity contribution in [2.75, 3.05) is 0 Å². The van der Waals surface area contributed by atoms with Crippen molar-refractivity contribution in [3.8, 4) is 0 Å². The van der Waals surface area contributed by atoms with Gasteiger partial charge in [0.05, 0.1) is 0 Å². The summed E-state index contributed by atoms with van der Waals surface area (Å²) < 4.78 is 25.3. The first-order chi connectivity index (χ1) is 6.16. The van der Waals surface area contributed by atoms with Crippen LogP contribution in [0, 0.1) is 0 Å². The molecule has 0 aliphatic carbocycles. The van der Waals surface area contributed by atoms with Crippen molar-refractivity contribution in [1.82, 2.24) is 0 Å². The van der Waals surface area contributed by atoms with E-state index >= 15 is 0 Å². The van der Waals surface area contributed by atoms with Crippen molar-refractivity contribution in [1.29, 1.82) is 0 Å². The Morgan fingerprint density at radius 2 is 1.54 bits per heavy atom. The van der Waals surface area contributed by atoms with Gasteiger partial charge in [-0.15, -0.1) is 12.6 Å². The molecule has 13 heavy (non-hydrogen) atoms. The maximum absolute atomic E-state index is 8.44. The van der Waals surface area contributed by atoms with Crippen LogP contribution >= 0.6 is 0 Å². The standard InChI is InChI=1S/C9H12.O3S/c1-2-6-9-7-4-3-5-8-9;1-4(2)3/h3-5,7-8H,2,6H2,1H3;. The van der Waals surface area contributed by atoms with Gasteiger partial charge in [0.2, 0.25) is 0 Å². The average Bonchev–Trinajstić information content (AvgIpc) is 2.06. The highest BCUT2D eigenvalue weighted by Gasteiger charge is 1.84. The van der Waals surface area contributed by atoms with Crippen LogP contribution in [0.15, 0.2) is 30.3 Å². The SMILES string of the molecule is CCCc1ccccc1.O=S(=O)=O. The second-order valence-electron chi connectivity index (χ2n) is 2.44. The molecule has 0 amide bonds. The lowest BCUT2D eigenvalue weighted by Gasteiger charge is -1.93. The van der Waals surface area contributed by atoms with Crippen LogP contribution in [0.25, 0.3) is 0 Å². The Balaban J connectivity index is 0.000000310. The minimum absolute atomic E-state index is 1.21. The maximum Gasteiger partial charge on any atom is 0.425 e. The van der Waals surface area contributed by atoms with E-state index in [1.807, 2.05) is 0 Å². The number of aryl methyl sites for hydroxylation is 1. The monoisotopic (exact) mass is 200 g/mol. The van der Waals surface area contributed by atoms with Crippen LogP contribution in [0.2, 0.25) is 0 Å². The summed E-state index contributed by atoms with van der Waals surface area (Å²) >= 11 is 0. The molecule has 1 rings (SSSR count). The molecule has 0 aliphatic heterocycles. The molecule has 0 radical (unpaired) electrons. The molecule has 3 nitrogen and oxygen atoms in total. The number of hydrogen-bond acceptors (Lipinski definition) is 3. The van der Waals surface area contributed by atoms with Gasteiger partial charge in [0.15, 0.2) is 0 Å². The van der Waals surface area contributed by atoms with Gasteiger partial charge in [0.25, 0.3) is 0 Å². The van der Waals surface area contributed by atoms with Crippen molar-refractivity contribution in [3.63, 3.8) is 0 Å². The molecule has 1 aromatic rings.